The maximum Gasteiger partial charge on any atom is 0.243 e. The van der Waals surface area contributed by atoms with Gasteiger partial charge in [0.15, 0.2) is 0 Å². The third kappa shape index (κ3) is 7.54. The second kappa shape index (κ2) is 12.3. The summed E-state index contributed by atoms with van der Waals surface area (Å²) in [5.41, 5.74) is 6.40. The number of nitrogens with zero attached hydrogens (tertiary/aromatic N) is 1. The number of nitrogens with one attached hydrogen (secondary N) is 1. The molecule has 0 spiro atoms. The van der Waals surface area contributed by atoms with Crippen LogP contribution in [0, 0.1) is 20.8 Å². The molecule has 0 saturated carbocycles. The van der Waals surface area contributed by atoms with Crippen molar-refractivity contribution in [3.05, 3.63) is 106 Å². The van der Waals surface area contributed by atoms with Gasteiger partial charge in [-0.2, -0.15) is 0 Å². The van der Waals surface area contributed by atoms with Gasteiger partial charge in [-0.3, -0.25) is 9.59 Å². The lowest BCUT2D eigenvalue weighted by atomic mass is 9.99. The number of benzene rings is 3. The summed E-state index contributed by atoms with van der Waals surface area (Å²) in [5, 5.41) is 3.13. The van der Waals surface area contributed by atoms with Gasteiger partial charge < -0.3 is 10.2 Å². The predicted octanol–water partition coefficient (Wildman–Crippen LogP) is 5.71. The molecular formula is C31H38N2O2. The Bertz CT molecular complexity index is 1140. The first-order valence-electron chi connectivity index (χ1n) is 12.5. The minimum Gasteiger partial charge on any atom is -0.352 e. The zero-order chi connectivity index (χ0) is 25.4. The van der Waals surface area contributed by atoms with E-state index < -0.39 is 6.04 Å². The van der Waals surface area contributed by atoms with Crippen molar-refractivity contribution in [2.75, 3.05) is 0 Å². The minimum absolute atomic E-state index is 0.0377. The number of aryl methyl sites for hydroxylation is 3. The summed E-state index contributed by atoms with van der Waals surface area (Å²) in [4.78, 5) is 29.3. The van der Waals surface area contributed by atoms with Crippen LogP contribution in [0.25, 0.3) is 0 Å². The van der Waals surface area contributed by atoms with Crippen molar-refractivity contribution in [3.63, 3.8) is 0 Å². The lowest BCUT2D eigenvalue weighted by Crippen LogP contribution is -2.52. The third-order valence-electron chi connectivity index (χ3n) is 6.55. The second-order valence-corrected chi connectivity index (χ2v) is 9.64. The summed E-state index contributed by atoms with van der Waals surface area (Å²) in [6.45, 7) is 10.5. The molecule has 3 aromatic rings. The monoisotopic (exact) mass is 470 g/mol. The normalized spacial score (nSPS) is 12.6. The van der Waals surface area contributed by atoms with Crippen molar-refractivity contribution >= 4 is 11.8 Å². The van der Waals surface area contributed by atoms with Gasteiger partial charge in [0.25, 0.3) is 0 Å². The summed E-state index contributed by atoms with van der Waals surface area (Å²) in [6.07, 6.45) is 1.56. The Morgan fingerprint density at radius 2 is 1.54 bits per heavy atom. The molecule has 4 nitrogen and oxygen atoms in total. The van der Waals surface area contributed by atoms with Crippen LogP contribution in [0.3, 0.4) is 0 Å². The Morgan fingerprint density at radius 3 is 2.23 bits per heavy atom. The molecule has 4 heteroatoms. The molecule has 35 heavy (non-hydrogen) atoms. The fraction of sp³-hybridized carbons (Fsp3) is 0.355. The van der Waals surface area contributed by atoms with Gasteiger partial charge in [0, 0.05) is 19.0 Å². The molecule has 3 rings (SSSR count). The van der Waals surface area contributed by atoms with Crippen LogP contribution in [0.1, 0.15) is 53.6 Å². The van der Waals surface area contributed by atoms with Gasteiger partial charge in [0.2, 0.25) is 11.8 Å². The molecule has 184 valence electrons. The molecular weight excluding hydrogens is 432 g/mol. The molecule has 0 heterocycles. The highest BCUT2D eigenvalue weighted by Crippen LogP contribution is 2.19. The van der Waals surface area contributed by atoms with Crippen LogP contribution in [0.5, 0.6) is 0 Å². The number of hydrogen-bond donors (Lipinski definition) is 1. The lowest BCUT2D eigenvalue weighted by molar-refractivity contribution is -0.141. The Morgan fingerprint density at radius 1 is 0.857 bits per heavy atom. The van der Waals surface area contributed by atoms with E-state index in [-0.39, 0.29) is 24.3 Å². The van der Waals surface area contributed by atoms with Crippen LogP contribution in [-0.2, 0) is 29.0 Å². The molecule has 3 aromatic carbocycles. The predicted molar refractivity (Wildman–Crippen MR) is 143 cm³/mol. The van der Waals surface area contributed by atoms with Crippen molar-refractivity contribution in [1.82, 2.24) is 10.2 Å². The Kier molecular flexibility index (Phi) is 9.25. The molecule has 0 aliphatic carbocycles. The zero-order valence-corrected chi connectivity index (χ0v) is 21.7. The van der Waals surface area contributed by atoms with E-state index in [1.54, 1.807) is 4.90 Å². The van der Waals surface area contributed by atoms with Crippen molar-refractivity contribution < 1.29 is 9.59 Å². The maximum atomic E-state index is 13.9. The van der Waals surface area contributed by atoms with Crippen LogP contribution >= 0.6 is 0 Å². The van der Waals surface area contributed by atoms with E-state index in [2.05, 4.69) is 29.6 Å². The Balaban J connectivity index is 2.00. The summed E-state index contributed by atoms with van der Waals surface area (Å²) < 4.78 is 0. The van der Waals surface area contributed by atoms with E-state index in [0.717, 1.165) is 39.8 Å². The lowest BCUT2D eigenvalue weighted by Gasteiger charge is -2.32. The van der Waals surface area contributed by atoms with Crippen molar-refractivity contribution in [2.24, 2.45) is 0 Å². The number of carbonyl (C=O) groups excluding carboxylic acids is 2. The highest BCUT2D eigenvalue weighted by molar-refractivity contribution is 5.89. The zero-order valence-electron chi connectivity index (χ0n) is 21.7. The molecule has 0 radical (unpaired) electrons. The minimum atomic E-state index is -0.607. The van der Waals surface area contributed by atoms with Crippen molar-refractivity contribution in [1.29, 1.82) is 0 Å². The van der Waals surface area contributed by atoms with E-state index in [9.17, 15) is 9.59 Å². The molecule has 0 saturated heterocycles. The molecule has 0 aliphatic heterocycles. The maximum absolute atomic E-state index is 13.9. The smallest absolute Gasteiger partial charge is 0.243 e. The molecule has 0 aromatic heterocycles. The van der Waals surface area contributed by atoms with Gasteiger partial charge in [-0.25, -0.2) is 0 Å². The molecule has 2 amide bonds. The molecule has 0 unspecified atom stereocenters. The van der Waals surface area contributed by atoms with Crippen LogP contribution < -0.4 is 5.32 Å². The first-order valence-corrected chi connectivity index (χ1v) is 12.5. The first-order chi connectivity index (χ1) is 16.8. The first kappa shape index (κ1) is 26.2. The largest absolute Gasteiger partial charge is 0.352 e. The van der Waals surface area contributed by atoms with Crippen LogP contribution in [0.2, 0.25) is 0 Å². The quantitative estimate of drug-likeness (QED) is 0.413. The number of amides is 2. The highest BCUT2D eigenvalue weighted by Gasteiger charge is 2.31. The van der Waals surface area contributed by atoms with E-state index in [4.69, 9.17) is 0 Å². The third-order valence-corrected chi connectivity index (χ3v) is 6.55. The standard InChI is InChI=1S/C31H38N2O2/c1-6-25(5)32-31(35)29(19-26-12-8-7-9-13-26)33(21-27-14-10-11-22(2)17-27)30(34)20-28-18-23(3)15-16-24(28)4/h7-18,25,29H,6,19-21H2,1-5H3,(H,32,35)/t25-,29+/m0/s1. The number of carbonyl (C=O) groups is 2. The van der Waals surface area contributed by atoms with Crippen LogP contribution in [0.15, 0.2) is 72.8 Å². The van der Waals surface area contributed by atoms with Crippen LogP contribution in [0.4, 0.5) is 0 Å². The van der Waals surface area contributed by atoms with E-state index in [0.29, 0.717) is 13.0 Å². The molecule has 0 aliphatic rings. The van der Waals surface area contributed by atoms with Crippen molar-refractivity contribution in [3.8, 4) is 0 Å². The van der Waals surface area contributed by atoms with E-state index in [1.165, 1.54) is 0 Å². The summed E-state index contributed by atoms with van der Waals surface area (Å²) in [6, 6.07) is 23.7. The number of rotatable bonds is 10. The fourth-order valence-electron chi connectivity index (χ4n) is 4.26. The number of hydrogen-bond acceptors (Lipinski definition) is 2. The van der Waals surface area contributed by atoms with Crippen molar-refractivity contribution in [2.45, 2.75) is 72.5 Å². The second-order valence-electron chi connectivity index (χ2n) is 9.64. The van der Waals surface area contributed by atoms with E-state index in [1.807, 2.05) is 83.1 Å². The van der Waals surface area contributed by atoms with E-state index >= 15 is 0 Å². The molecule has 0 bridgehead atoms. The van der Waals surface area contributed by atoms with Gasteiger partial charge in [-0.05, 0) is 56.4 Å². The summed E-state index contributed by atoms with van der Waals surface area (Å²) >= 11 is 0. The Labute approximate surface area is 210 Å². The van der Waals surface area contributed by atoms with Gasteiger partial charge in [-0.1, -0.05) is 90.8 Å². The molecule has 1 N–H and O–H groups in total. The van der Waals surface area contributed by atoms with Gasteiger partial charge in [0.05, 0.1) is 6.42 Å². The SMILES string of the molecule is CC[C@H](C)NC(=O)[C@@H](Cc1ccccc1)N(Cc1cccc(C)c1)C(=O)Cc1cc(C)ccc1C. The topological polar surface area (TPSA) is 49.4 Å². The molecule has 2 atom stereocenters. The van der Waals surface area contributed by atoms with Crippen LogP contribution in [-0.4, -0.2) is 28.8 Å². The average Bonchev–Trinajstić information content (AvgIpc) is 2.84. The summed E-state index contributed by atoms with van der Waals surface area (Å²) in [7, 11) is 0. The van der Waals surface area contributed by atoms with Gasteiger partial charge in [-0.15, -0.1) is 0 Å². The Hall–Kier alpha value is -3.40. The molecule has 0 fully saturated rings. The fourth-order valence-corrected chi connectivity index (χ4v) is 4.26. The summed E-state index contributed by atoms with van der Waals surface area (Å²) in [5.74, 6) is -0.148. The van der Waals surface area contributed by atoms with Gasteiger partial charge >= 0.3 is 0 Å². The highest BCUT2D eigenvalue weighted by atomic mass is 16.2. The average molecular weight is 471 g/mol. The van der Waals surface area contributed by atoms with Gasteiger partial charge in [0.1, 0.15) is 6.04 Å².